The summed E-state index contributed by atoms with van der Waals surface area (Å²) < 4.78 is 68.8. The number of para-hydroxylation sites is 1. The molecule has 0 aliphatic carbocycles. The molecule has 4 aromatic rings. The first-order valence-electron chi connectivity index (χ1n) is 13.2. The van der Waals surface area contributed by atoms with Gasteiger partial charge in [-0.1, -0.05) is 44.2 Å². The van der Waals surface area contributed by atoms with E-state index in [1.807, 2.05) is 16.7 Å². The fraction of sp³-hybridized carbons (Fsp3) is 0.276. The maximum atomic E-state index is 13.5. The van der Waals surface area contributed by atoms with Crippen molar-refractivity contribution in [2.75, 3.05) is 30.7 Å². The number of anilines is 1. The molecule has 0 saturated heterocycles. The van der Waals surface area contributed by atoms with Crippen LogP contribution in [0, 0.1) is 12.7 Å². The van der Waals surface area contributed by atoms with Crippen LogP contribution in [0.25, 0.3) is 10.9 Å². The van der Waals surface area contributed by atoms with Crippen molar-refractivity contribution in [3.05, 3.63) is 89.9 Å². The van der Waals surface area contributed by atoms with E-state index >= 15 is 0 Å². The van der Waals surface area contributed by atoms with Crippen LogP contribution in [0.2, 0.25) is 0 Å². The van der Waals surface area contributed by atoms with E-state index in [1.165, 1.54) is 40.7 Å². The zero-order chi connectivity index (χ0) is 29.8. The number of benzene rings is 3. The molecule has 0 saturated carbocycles. The molecule has 2 N–H and O–H groups in total. The Bertz CT molecular complexity index is 1750. The maximum absolute atomic E-state index is 13.5. The standard InChI is InChI=1S/C29H33FN4O5S2/c1-4-33(5-2)41(38,39)25-16-14-24(15-17-25)32-29(35)31-18-19-40(36,37)28-21(3)34(27-9-7-6-8-26(27)28)20-22-10-12-23(30)13-11-22/h6-17H,4-5,18-20H2,1-3H3,(H2,31,32,35). The molecule has 0 spiro atoms. The van der Waals surface area contributed by atoms with Gasteiger partial charge < -0.3 is 15.2 Å². The molecule has 3 aromatic carbocycles. The molecule has 0 aliphatic rings. The SMILES string of the molecule is CCN(CC)S(=O)(=O)c1ccc(NC(=O)NCCS(=O)(=O)c2c(C)n(Cc3ccc(F)cc3)c3ccccc23)cc1. The van der Waals surface area contributed by atoms with Crippen LogP contribution in [-0.4, -0.2) is 57.1 Å². The second-order valence-corrected chi connectivity index (χ2v) is 13.4. The smallest absolute Gasteiger partial charge is 0.319 e. The average Bonchev–Trinajstić information content (AvgIpc) is 3.22. The van der Waals surface area contributed by atoms with Crippen LogP contribution in [-0.2, 0) is 26.4 Å². The molecule has 2 amide bonds. The van der Waals surface area contributed by atoms with Crippen molar-refractivity contribution >= 4 is 42.5 Å². The monoisotopic (exact) mass is 600 g/mol. The van der Waals surface area contributed by atoms with Crippen molar-refractivity contribution in [1.82, 2.24) is 14.2 Å². The summed E-state index contributed by atoms with van der Waals surface area (Å²) in [6, 6.07) is 18.4. The molecule has 41 heavy (non-hydrogen) atoms. The van der Waals surface area contributed by atoms with Crippen molar-refractivity contribution in [2.45, 2.75) is 37.1 Å². The van der Waals surface area contributed by atoms with Gasteiger partial charge in [-0.2, -0.15) is 4.31 Å². The molecule has 0 aliphatic heterocycles. The summed E-state index contributed by atoms with van der Waals surface area (Å²) in [5.74, 6) is -0.671. The molecular formula is C29H33FN4O5S2. The van der Waals surface area contributed by atoms with Crippen LogP contribution in [0.3, 0.4) is 0 Å². The highest BCUT2D eigenvalue weighted by Gasteiger charge is 2.25. The third-order valence-electron chi connectivity index (χ3n) is 6.85. The number of carbonyl (C=O) groups excluding carboxylic acids is 1. The predicted molar refractivity (Wildman–Crippen MR) is 158 cm³/mol. The average molecular weight is 601 g/mol. The van der Waals surface area contributed by atoms with Gasteiger partial charge in [-0.3, -0.25) is 0 Å². The summed E-state index contributed by atoms with van der Waals surface area (Å²) in [7, 11) is -7.41. The normalized spacial score (nSPS) is 12.1. The van der Waals surface area contributed by atoms with Gasteiger partial charge in [-0.25, -0.2) is 26.0 Å². The van der Waals surface area contributed by atoms with Crippen LogP contribution in [0.1, 0.15) is 25.1 Å². The number of nitrogens with one attached hydrogen (secondary N) is 2. The van der Waals surface area contributed by atoms with E-state index in [2.05, 4.69) is 10.6 Å². The topological polar surface area (TPSA) is 118 Å². The van der Waals surface area contributed by atoms with E-state index in [9.17, 15) is 26.0 Å². The minimum Gasteiger partial charge on any atom is -0.339 e. The van der Waals surface area contributed by atoms with Crippen molar-refractivity contribution in [3.63, 3.8) is 0 Å². The fourth-order valence-electron chi connectivity index (χ4n) is 4.77. The molecule has 218 valence electrons. The summed E-state index contributed by atoms with van der Waals surface area (Å²) in [4.78, 5) is 12.8. The Labute approximate surface area is 240 Å². The number of sulfone groups is 1. The third-order valence-corrected chi connectivity index (χ3v) is 10.8. The minimum absolute atomic E-state index is 0.118. The minimum atomic E-state index is -3.79. The summed E-state index contributed by atoms with van der Waals surface area (Å²) in [6.45, 7) is 6.18. The van der Waals surface area contributed by atoms with Gasteiger partial charge in [0.2, 0.25) is 10.0 Å². The molecule has 9 nitrogen and oxygen atoms in total. The number of carbonyl (C=O) groups is 1. The Morgan fingerprint density at radius 3 is 2.17 bits per heavy atom. The van der Waals surface area contributed by atoms with Gasteiger partial charge in [0.05, 0.1) is 15.5 Å². The molecule has 0 fully saturated rings. The number of halogens is 1. The number of urea groups is 1. The number of amides is 2. The van der Waals surface area contributed by atoms with E-state index < -0.39 is 25.9 Å². The van der Waals surface area contributed by atoms with Gasteiger partial charge in [0.15, 0.2) is 9.84 Å². The van der Waals surface area contributed by atoms with E-state index in [-0.39, 0.29) is 27.9 Å². The first-order chi connectivity index (χ1) is 19.5. The summed E-state index contributed by atoms with van der Waals surface area (Å²) in [5.41, 5.74) is 2.49. The van der Waals surface area contributed by atoms with Gasteiger partial charge in [0.1, 0.15) is 5.82 Å². The number of rotatable bonds is 11. The highest BCUT2D eigenvalue weighted by molar-refractivity contribution is 7.91. The Morgan fingerprint density at radius 2 is 1.54 bits per heavy atom. The van der Waals surface area contributed by atoms with Crippen molar-refractivity contribution < 1.29 is 26.0 Å². The second kappa shape index (κ2) is 12.4. The van der Waals surface area contributed by atoms with Gasteiger partial charge >= 0.3 is 6.03 Å². The summed E-state index contributed by atoms with van der Waals surface area (Å²) in [6.07, 6.45) is 0. The van der Waals surface area contributed by atoms with Crippen molar-refractivity contribution in [3.8, 4) is 0 Å². The van der Waals surface area contributed by atoms with Gasteiger partial charge in [-0.05, 0) is 55.0 Å². The van der Waals surface area contributed by atoms with E-state index in [4.69, 9.17) is 0 Å². The summed E-state index contributed by atoms with van der Waals surface area (Å²) >= 11 is 0. The molecule has 1 heterocycles. The van der Waals surface area contributed by atoms with E-state index in [1.54, 1.807) is 45.0 Å². The molecule has 0 bridgehead atoms. The number of nitrogens with zero attached hydrogens (tertiary/aromatic N) is 2. The number of hydrogen-bond donors (Lipinski definition) is 2. The lowest BCUT2D eigenvalue weighted by Gasteiger charge is -2.18. The Morgan fingerprint density at radius 1 is 0.902 bits per heavy atom. The zero-order valence-electron chi connectivity index (χ0n) is 23.1. The zero-order valence-corrected chi connectivity index (χ0v) is 24.7. The summed E-state index contributed by atoms with van der Waals surface area (Å²) in [5, 5.41) is 5.74. The molecule has 0 atom stereocenters. The molecule has 1 aromatic heterocycles. The van der Waals surface area contributed by atoms with Crippen molar-refractivity contribution in [1.29, 1.82) is 0 Å². The lowest BCUT2D eigenvalue weighted by Crippen LogP contribution is -2.33. The molecule has 0 unspecified atom stereocenters. The van der Waals surface area contributed by atoms with Gasteiger partial charge in [0.25, 0.3) is 0 Å². The predicted octanol–water partition coefficient (Wildman–Crippen LogP) is 4.76. The molecule has 4 rings (SSSR count). The lowest BCUT2D eigenvalue weighted by molar-refractivity contribution is 0.252. The van der Waals surface area contributed by atoms with E-state index in [0.717, 1.165) is 11.1 Å². The van der Waals surface area contributed by atoms with Crippen LogP contribution in [0.15, 0.2) is 82.6 Å². The highest BCUT2D eigenvalue weighted by atomic mass is 32.2. The molecule has 12 heteroatoms. The van der Waals surface area contributed by atoms with Crippen LogP contribution in [0.4, 0.5) is 14.9 Å². The fourth-order valence-corrected chi connectivity index (χ4v) is 7.87. The van der Waals surface area contributed by atoms with Gasteiger partial charge in [0, 0.05) is 48.5 Å². The highest BCUT2D eigenvalue weighted by Crippen LogP contribution is 2.31. The Kier molecular flexibility index (Phi) is 9.15. The lowest BCUT2D eigenvalue weighted by atomic mass is 10.2. The number of fused-ring (bicyclic) bond motifs is 1. The van der Waals surface area contributed by atoms with Gasteiger partial charge in [-0.15, -0.1) is 0 Å². The second-order valence-electron chi connectivity index (χ2n) is 9.46. The third kappa shape index (κ3) is 6.61. The quantitative estimate of drug-likeness (QED) is 0.257. The molecule has 0 radical (unpaired) electrons. The van der Waals surface area contributed by atoms with Crippen LogP contribution < -0.4 is 10.6 Å². The number of sulfonamides is 1. The van der Waals surface area contributed by atoms with Crippen LogP contribution in [0.5, 0.6) is 0 Å². The van der Waals surface area contributed by atoms with Crippen LogP contribution >= 0.6 is 0 Å². The Hall–Kier alpha value is -3.74. The number of aromatic nitrogens is 1. The largest absolute Gasteiger partial charge is 0.339 e. The maximum Gasteiger partial charge on any atom is 0.319 e. The molecular weight excluding hydrogens is 567 g/mol. The first-order valence-corrected chi connectivity index (χ1v) is 16.3. The van der Waals surface area contributed by atoms with E-state index in [0.29, 0.717) is 36.4 Å². The van der Waals surface area contributed by atoms with Crippen molar-refractivity contribution in [2.24, 2.45) is 0 Å². The number of hydrogen-bond acceptors (Lipinski definition) is 5. The Balaban J connectivity index is 1.44. The first kappa shape index (κ1) is 30.2.